The fraction of sp³-hybridized carbons (Fsp3) is 0. The van der Waals surface area contributed by atoms with Crippen molar-refractivity contribution in [3.8, 4) is 11.3 Å². The number of aromatic nitrogens is 2. The summed E-state index contributed by atoms with van der Waals surface area (Å²) in [6.45, 7) is 0. The molecular weight excluding hydrogens is 181 g/mol. The summed E-state index contributed by atoms with van der Waals surface area (Å²) < 4.78 is 13.4. The molecule has 0 amide bonds. The summed E-state index contributed by atoms with van der Waals surface area (Å²) >= 11 is 0. The number of halogens is 1. The first kappa shape index (κ1) is 8.62. The molecule has 1 heterocycles. The lowest BCUT2D eigenvalue weighted by Crippen LogP contribution is -1.91. The van der Waals surface area contributed by atoms with Gasteiger partial charge in [-0.15, -0.1) is 0 Å². The van der Waals surface area contributed by atoms with Crippen molar-refractivity contribution in [3.05, 3.63) is 42.6 Å². The minimum absolute atomic E-state index is 0.384. The smallest absolute Gasteiger partial charge is 0.134 e. The van der Waals surface area contributed by atoms with E-state index in [9.17, 15) is 4.39 Å². The fourth-order valence-electron chi connectivity index (χ4n) is 1.18. The van der Waals surface area contributed by atoms with Crippen molar-refractivity contribution in [2.24, 2.45) is 0 Å². The van der Waals surface area contributed by atoms with E-state index in [2.05, 4.69) is 9.97 Å². The highest BCUT2D eigenvalue weighted by Crippen LogP contribution is 2.21. The van der Waals surface area contributed by atoms with Gasteiger partial charge in [-0.2, -0.15) is 0 Å². The standard InChI is InChI=1S/C10H8FN3/c11-9-5-7(12)1-2-8(9)10-6-13-3-4-14-10/h1-6H,12H2. The summed E-state index contributed by atoms with van der Waals surface area (Å²) in [5.74, 6) is -0.384. The van der Waals surface area contributed by atoms with Crippen molar-refractivity contribution in [3.63, 3.8) is 0 Å². The second-order valence-electron chi connectivity index (χ2n) is 2.83. The van der Waals surface area contributed by atoms with Gasteiger partial charge in [-0.25, -0.2) is 4.39 Å². The van der Waals surface area contributed by atoms with Gasteiger partial charge in [0.2, 0.25) is 0 Å². The average Bonchev–Trinajstić information content (AvgIpc) is 2.19. The van der Waals surface area contributed by atoms with E-state index < -0.39 is 0 Å². The molecular formula is C10H8FN3. The summed E-state index contributed by atoms with van der Waals surface area (Å²) in [5.41, 5.74) is 6.74. The molecule has 3 nitrogen and oxygen atoms in total. The molecule has 14 heavy (non-hydrogen) atoms. The maximum absolute atomic E-state index is 13.4. The van der Waals surface area contributed by atoms with E-state index in [0.717, 1.165) is 0 Å². The van der Waals surface area contributed by atoms with Crippen LogP contribution in [0.4, 0.5) is 10.1 Å². The number of benzene rings is 1. The normalized spacial score (nSPS) is 10.1. The zero-order valence-corrected chi connectivity index (χ0v) is 7.31. The third-order valence-electron chi connectivity index (χ3n) is 1.83. The Labute approximate surface area is 80.4 Å². The van der Waals surface area contributed by atoms with Crippen LogP contribution >= 0.6 is 0 Å². The Morgan fingerprint density at radius 3 is 2.71 bits per heavy atom. The largest absolute Gasteiger partial charge is 0.399 e. The van der Waals surface area contributed by atoms with Crippen LogP contribution in [0.3, 0.4) is 0 Å². The van der Waals surface area contributed by atoms with Gasteiger partial charge in [0, 0.05) is 23.6 Å². The van der Waals surface area contributed by atoms with Crippen LogP contribution in [0.15, 0.2) is 36.8 Å². The van der Waals surface area contributed by atoms with Gasteiger partial charge < -0.3 is 5.73 Å². The molecule has 0 bridgehead atoms. The second-order valence-corrected chi connectivity index (χ2v) is 2.83. The highest BCUT2D eigenvalue weighted by Gasteiger charge is 2.05. The molecule has 0 atom stereocenters. The van der Waals surface area contributed by atoms with E-state index in [1.165, 1.54) is 18.5 Å². The molecule has 0 saturated heterocycles. The molecule has 0 aliphatic carbocycles. The molecule has 0 aliphatic rings. The van der Waals surface area contributed by atoms with Gasteiger partial charge >= 0.3 is 0 Å². The van der Waals surface area contributed by atoms with Crippen LogP contribution in [0.1, 0.15) is 0 Å². The lowest BCUT2D eigenvalue weighted by molar-refractivity contribution is 0.631. The monoisotopic (exact) mass is 189 g/mol. The van der Waals surface area contributed by atoms with Crippen molar-refractivity contribution in [1.82, 2.24) is 9.97 Å². The predicted molar refractivity (Wildman–Crippen MR) is 51.8 cm³/mol. The van der Waals surface area contributed by atoms with Crippen LogP contribution in [0.5, 0.6) is 0 Å². The highest BCUT2D eigenvalue weighted by molar-refractivity contribution is 5.61. The number of hydrogen-bond donors (Lipinski definition) is 1. The maximum atomic E-state index is 13.4. The van der Waals surface area contributed by atoms with Gasteiger partial charge in [0.15, 0.2) is 0 Å². The number of nitrogens with two attached hydrogens (primary N) is 1. The van der Waals surface area contributed by atoms with Crippen LogP contribution in [-0.4, -0.2) is 9.97 Å². The zero-order chi connectivity index (χ0) is 9.97. The quantitative estimate of drug-likeness (QED) is 0.696. The summed E-state index contributed by atoms with van der Waals surface area (Å²) in [6.07, 6.45) is 4.57. The molecule has 70 valence electrons. The molecule has 0 aliphatic heterocycles. The second kappa shape index (κ2) is 3.41. The number of anilines is 1. The summed E-state index contributed by atoms with van der Waals surface area (Å²) in [4.78, 5) is 7.86. The molecule has 0 unspecified atom stereocenters. The van der Waals surface area contributed by atoms with E-state index in [1.807, 2.05) is 0 Å². The van der Waals surface area contributed by atoms with Crippen LogP contribution in [-0.2, 0) is 0 Å². The third-order valence-corrected chi connectivity index (χ3v) is 1.83. The minimum Gasteiger partial charge on any atom is -0.399 e. The highest BCUT2D eigenvalue weighted by atomic mass is 19.1. The number of rotatable bonds is 1. The van der Waals surface area contributed by atoms with E-state index in [4.69, 9.17) is 5.73 Å². The lowest BCUT2D eigenvalue weighted by atomic mass is 10.1. The molecule has 0 spiro atoms. The SMILES string of the molecule is Nc1ccc(-c2cnccn2)c(F)c1. The van der Waals surface area contributed by atoms with E-state index in [1.54, 1.807) is 18.3 Å². The van der Waals surface area contributed by atoms with Crippen LogP contribution < -0.4 is 5.73 Å². The van der Waals surface area contributed by atoms with Gasteiger partial charge in [-0.3, -0.25) is 9.97 Å². The number of hydrogen-bond acceptors (Lipinski definition) is 3. The van der Waals surface area contributed by atoms with Gasteiger partial charge in [-0.1, -0.05) is 0 Å². The lowest BCUT2D eigenvalue weighted by Gasteiger charge is -2.01. The van der Waals surface area contributed by atoms with Crippen LogP contribution in [0, 0.1) is 5.82 Å². The first-order chi connectivity index (χ1) is 6.77. The summed E-state index contributed by atoms with van der Waals surface area (Å²) in [6, 6.07) is 4.49. The summed E-state index contributed by atoms with van der Waals surface area (Å²) in [7, 11) is 0. The van der Waals surface area contributed by atoms with E-state index >= 15 is 0 Å². The van der Waals surface area contributed by atoms with Gasteiger partial charge in [0.1, 0.15) is 5.82 Å². The maximum Gasteiger partial charge on any atom is 0.134 e. The first-order valence-corrected chi connectivity index (χ1v) is 4.09. The Morgan fingerprint density at radius 1 is 1.21 bits per heavy atom. The molecule has 1 aromatic carbocycles. The molecule has 0 fully saturated rings. The van der Waals surface area contributed by atoms with E-state index in [0.29, 0.717) is 16.9 Å². The van der Waals surface area contributed by atoms with Crippen molar-refractivity contribution < 1.29 is 4.39 Å². The molecule has 0 radical (unpaired) electrons. The van der Waals surface area contributed by atoms with Gasteiger partial charge in [0.05, 0.1) is 11.9 Å². The first-order valence-electron chi connectivity index (χ1n) is 4.09. The van der Waals surface area contributed by atoms with Crippen molar-refractivity contribution in [1.29, 1.82) is 0 Å². The predicted octanol–water partition coefficient (Wildman–Crippen LogP) is 1.86. The van der Waals surface area contributed by atoms with Gasteiger partial charge in [-0.05, 0) is 18.2 Å². The van der Waals surface area contributed by atoms with Crippen molar-refractivity contribution in [2.45, 2.75) is 0 Å². The molecule has 0 saturated carbocycles. The molecule has 1 aromatic heterocycles. The van der Waals surface area contributed by atoms with Crippen LogP contribution in [0.2, 0.25) is 0 Å². The minimum atomic E-state index is -0.384. The Hall–Kier alpha value is -1.97. The van der Waals surface area contributed by atoms with Crippen molar-refractivity contribution >= 4 is 5.69 Å². The number of nitrogen functional groups attached to an aromatic ring is 1. The molecule has 2 aromatic rings. The zero-order valence-electron chi connectivity index (χ0n) is 7.31. The van der Waals surface area contributed by atoms with E-state index in [-0.39, 0.29) is 5.82 Å². The Morgan fingerprint density at radius 2 is 2.07 bits per heavy atom. The topological polar surface area (TPSA) is 51.8 Å². The van der Waals surface area contributed by atoms with Gasteiger partial charge in [0.25, 0.3) is 0 Å². The Balaban J connectivity index is 2.53. The molecule has 2 rings (SSSR count). The fourth-order valence-corrected chi connectivity index (χ4v) is 1.18. The molecule has 4 heteroatoms. The van der Waals surface area contributed by atoms with Crippen LogP contribution in [0.25, 0.3) is 11.3 Å². The Kier molecular flexibility index (Phi) is 2.10. The molecule has 2 N–H and O–H groups in total. The Bertz CT molecular complexity index is 442. The number of nitrogens with zero attached hydrogens (tertiary/aromatic N) is 2. The third kappa shape index (κ3) is 1.54. The average molecular weight is 189 g/mol. The summed E-state index contributed by atoms with van der Waals surface area (Å²) in [5, 5.41) is 0. The van der Waals surface area contributed by atoms with Crippen molar-refractivity contribution in [2.75, 3.05) is 5.73 Å².